The van der Waals surface area contributed by atoms with Crippen molar-refractivity contribution in [3.63, 3.8) is 0 Å². The van der Waals surface area contributed by atoms with Crippen LogP contribution in [0.2, 0.25) is 0 Å². The van der Waals surface area contributed by atoms with E-state index < -0.39 is 22.7 Å². The first-order valence-corrected chi connectivity index (χ1v) is 4.67. The lowest BCUT2D eigenvalue weighted by Gasteiger charge is -2.34. The lowest BCUT2D eigenvalue weighted by molar-refractivity contribution is -0.126. The van der Waals surface area contributed by atoms with E-state index in [4.69, 9.17) is 10.4 Å². The number of nitrogens with zero attached hydrogens (tertiary/aromatic N) is 1. The van der Waals surface area contributed by atoms with Gasteiger partial charge in [-0.15, -0.1) is 0 Å². The summed E-state index contributed by atoms with van der Waals surface area (Å²) in [6.07, 6.45) is 0.0581. The number of ketones is 1. The summed E-state index contributed by atoms with van der Waals surface area (Å²) in [6.45, 7) is 0. The zero-order valence-electron chi connectivity index (χ0n) is 8.27. The Bertz CT molecular complexity index is 507. The summed E-state index contributed by atoms with van der Waals surface area (Å²) in [5.41, 5.74) is -0.878. The van der Waals surface area contributed by atoms with E-state index >= 15 is 0 Å². The number of phenols is 3. The van der Waals surface area contributed by atoms with Crippen LogP contribution in [-0.2, 0) is 10.2 Å². The van der Waals surface area contributed by atoms with Gasteiger partial charge >= 0.3 is 0 Å². The first-order chi connectivity index (χ1) is 7.50. The zero-order chi connectivity index (χ0) is 11.9. The van der Waals surface area contributed by atoms with Gasteiger partial charge in [0.2, 0.25) is 5.75 Å². The van der Waals surface area contributed by atoms with Gasteiger partial charge in [-0.25, -0.2) is 0 Å². The van der Waals surface area contributed by atoms with Crippen molar-refractivity contribution in [1.29, 1.82) is 5.26 Å². The molecule has 3 N–H and O–H groups in total. The SMILES string of the molecule is N#CC1(c2ccc(O)c(O)c2O)CC(=O)C1. The second kappa shape index (κ2) is 3.14. The Hall–Kier alpha value is -2.22. The number of phenolic OH excluding ortho intramolecular Hbond substituents is 3. The summed E-state index contributed by atoms with van der Waals surface area (Å²) in [5, 5.41) is 37.1. The highest BCUT2D eigenvalue weighted by atomic mass is 16.3. The minimum Gasteiger partial charge on any atom is -0.504 e. The molecule has 1 aromatic carbocycles. The van der Waals surface area contributed by atoms with Crippen LogP contribution >= 0.6 is 0 Å². The molecule has 16 heavy (non-hydrogen) atoms. The molecule has 0 saturated heterocycles. The number of nitriles is 1. The molecule has 1 aliphatic carbocycles. The highest BCUT2D eigenvalue weighted by Crippen LogP contribution is 2.49. The van der Waals surface area contributed by atoms with E-state index in [-0.39, 0.29) is 24.2 Å². The molecule has 0 spiro atoms. The van der Waals surface area contributed by atoms with Crippen LogP contribution in [0.15, 0.2) is 12.1 Å². The lowest BCUT2D eigenvalue weighted by Crippen LogP contribution is -2.40. The second-order valence-corrected chi connectivity index (χ2v) is 3.92. The second-order valence-electron chi connectivity index (χ2n) is 3.92. The molecule has 0 atom stereocenters. The molecular formula is C11H9NO4. The third-order valence-corrected chi connectivity index (χ3v) is 2.86. The Morgan fingerprint density at radius 3 is 2.31 bits per heavy atom. The Labute approximate surface area is 91.2 Å². The summed E-state index contributed by atoms with van der Waals surface area (Å²) < 4.78 is 0. The number of carbonyl (C=O) groups excluding carboxylic acids is 1. The first kappa shape index (κ1) is 10.3. The van der Waals surface area contributed by atoms with Crippen LogP contribution in [0.5, 0.6) is 17.2 Å². The van der Waals surface area contributed by atoms with E-state index in [1.165, 1.54) is 12.1 Å². The van der Waals surface area contributed by atoms with Gasteiger partial charge in [-0.05, 0) is 12.1 Å². The van der Waals surface area contributed by atoms with Crippen molar-refractivity contribution in [2.24, 2.45) is 0 Å². The molecular weight excluding hydrogens is 210 g/mol. The minimum absolute atomic E-state index is 0.0290. The van der Waals surface area contributed by atoms with Crippen molar-refractivity contribution in [1.82, 2.24) is 0 Å². The van der Waals surface area contributed by atoms with Crippen molar-refractivity contribution in [3.05, 3.63) is 17.7 Å². The summed E-state index contributed by atoms with van der Waals surface area (Å²) in [4.78, 5) is 11.0. The van der Waals surface area contributed by atoms with Crippen molar-refractivity contribution < 1.29 is 20.1 Å². The van der Waals surface area contributed by atoms with Crippen molar-refractivity contribution in [2.75, 3.05) is 0 Å². The van der Waals surface area contributed by atoms with Crippen LogP contribution in [0.1, 0.15) is 18.4 Å². The Morgan fingerprint density at radius 2 is 1.81 bits per heavy atom. The number of hydrogen-bond acceptors (Lipinski definition) is 5. The molecule has 5 heteroatoms. The largest absolute Gasteiger partial charge is 0.504 e. The number of aromatic hydroxyl groups is 3. The molecule has 0 aromatic heterocycles. The zero-order valence-corrected chi connectivity index (χ0v) is 8.27. The molecule has 0 bridgehead atoms. The smallest absolute Gasteiger partial charge is 0.200 e. The molecule has 2 rings (SSSR count). The van der Waals surface area contributed by atoms with Crippen LogP contribution in [-0.4, -0.2) is 21.1 Å². The van der Waals surface area contributed by atoms with Gasteiger partial charge in [0.05, 0.1) is 11.5 Å². The molecule has 0 unspecified atom stereocenters. The van der Waals surface area contributed by atoms with E-state index in [2.05, 4.69) is 0 Å². The lowest BCUT2D eigenvalue weighted by atomic mass is 9.64. The minimum atomic E-state index is -1.06. The summed E-state index contributed by atoms with van der Waals surface area (Å²) in [6, 6.07) is 4.51. The Balaban J connectivity index is 2.54. The molecule has 82 valence electrons. The van der Waals surface area contributed by atoms with Gasteiger partial charge in [0.15, 0.2) is 11.5 Å². The van der Waals surface area contributed by atoms with Crippen molar-refractivity contribution in [2.45, 2.75) is 18.3 Å². The van der Waals surface area contributed by atoms with Gasteiger partial charge in [-0.3, -0.25) is 4.79 Å². The molecule has 1 aliphatic rings. The normalized spacial score (nSPS) is 17.6. The standard InChI is InChI=1S/C11H9NO4/c12-5-11(3-6(13)4-11)7-1-2-8(14)10(16)9(7)15/h1-2,14-16H,3-4H2. The fraction of sp³-hybridized carbons (Fsp3) is 0.273. The molecule has 5 nitrogen and oxygen atoms in total. The maximum absolute atomic E-state index is 11.0. The topological polar surface area (TPSA) is 102 Å². The van der Waals surface area contributed by atoms with Crippen molar-refractivity contribution >= 4 is 5.78 Å². The molecule has 1 fully saturated rings. The third-order valence-electron chi connectivity index (χ3n) is 2.86. The summed E-state index contributed by atoms with van der Waals surface area (Å²) >= 11 is 0. The van der Waals surface area contributed by atoms with Gasteiger partial charge in [0, 0.05) is 18.4 Å². The summed E-state index contributed by atoms with van der Waals surface area (Å²) in [5.74, 6) is -1.71. The number of benzene rings is 1. The van der Waals surface area contributed by atoms with Crippen LogP contribution in [0, 0.1) is 11.3 Å². The Morgan fingerprint density at radius 1 is 1.19 bits per heavy atom. The fourth-order valence-electron chi connectivity index (χ4n) is 1.91. The van der Waals surface area contributed by atoms with E-state index in [0.29, 0.717) is 0 Å². The first-order valence-electron chi connectivity index (χ1n) is 4.67. The predicted octanol–water partition coefficient (Wildman–Crippen LogP) is 0.928. The van der Waals surface area contributed by atoms with E-state index in [1.54, 1.807) is 0 Å². The van der Waals surface area contributed by atoms with E-state index in [1.807, 2.05) is 6.07 Å². The van der Waals surface area contributed by atoms with Gasteiger partial charge in [0.1, 0.15) is 5.78 Å². The van der Waals surface area contributed by atoms with Crippen LogP contribution in [0.3, 0.4) is 0 Å². The average molecular weight is 219 g/mol. The highest BCUT2D eigenvalue weighted by molar-refractivity contribution is 5.90. The molecule has 0 amide bonds. The fourth-order valence-corrected chi connectivity index (χ4v) is 1.91. The molecule has 0 heterocycles. The van der Waals surface area contributed by atoms with Gasteiger partial charge in [0.25, 0.3) is 0 Å². The number of rotatable bonds is 1. The summed E-state index contributed by atoms with van der Waals surface area (Å²) in [7, 11) is 0. The monoisotopic (exact) mass is 219 g/mol. The molecule has 1 aromatic rings. The van der Waals surface area contributed by atoms with Gasteiger partial charge in [-0.2, -0.15) is 5.26 Å². The van der Waals surface area contributed by atoms with Gasteiger partial charge < -0.3 is 15.3 Å². The maximum Gasteiger partial charge on any atom is 0.200 e. The molecule has 1 saturated carbocycles. The van der Waals surface area contributed by atoms with Crippen LogP contribution < -0.4 is 0 Å². The van der Waals surface area contributed by atoms with E-state index in [9.17, 15) is 15.0 Å². The maximum atomic E-state index is 11.0. The number of Topliss-reactive ketones (excluding diaryl/α,β-unsaturated/α-hetero) is 1. The molecule has 0 aliphatic heterocycles. The Kier molecular flexibility index (Phi) is 2.02. The number of carbonyl (C=O) groups is 1. The molecule has 0 radical (unpaired) electrons. The van der Waals surface area contributed by atoms with Crippen LogP contribution in [0.25, 0.3) is 0 Å². The number of hydrogen-bond donors (Lipinski definition) is 3. The van der Waals surface area contributed by atoms with Gasteiger partial charge in [-0.1, -0.05) is 0 Å². The van der Waals surface area contributed by atoms with Crippen molar-refractivity contribution in [3.8, 4) is 23.3 Å². The predicted molar refractivity (Wildman–Crippen MR) is 53.0 cm³/mol. The highest BCUT2D eigenvalue weighted by Gasteiger charge is 2.47. The average Bonchev–Trinajstić information content (AvgIpc) is 2.22. The van der Waals surface area contributed by atoms with Crippen LogP contribution in [0.4, 0.5) is 0 Å². The quantitative estimate of drug-likeness (QED) is 0.610. The van der Waals surface area contributed by atoms with E-state index in [0.717, 1.165) is 0 Å². The third kappa shape index (κ3) is 1.20.